The Balaban J connectivity index is 2.80. The van der Waals surface area contributed by atoms with Crippen LogP contribution in [0.15, 0.2) is 15.0 Å². The first-order valence-electron chi connectivity index (χ1n) is 5.36. The molecule has 92 valence electrons. The van der Waals surface area contributed by atoms with Crippen molar-refractivity contribution in [1.29, 1.82) is 0 Å². The Labute approximate surface area is 102 Å². The summed E-state index contributed by atoms with van der Waals surface area (Å²) in [4.78, 5) is 24.8. The van der Waals surface area contributed by atoms with Crippen LogP contribution in [0, 0.1) is 6.92 Å². The summed E-state index contributed by atoms with van der Waals surface area (Å²) in [5, 5.41) is 11.3. The molecule has 0 aliphatic rings. The molecule has 0 aromatic carbocycles. The maximum Gasteiger partial charge on any atom is 0.331 e. The summed E-state index contributed by atoms with van der Waals surface area (Å²) < 4.78 is 2.68. The van der Waals surface area contributed by atoms with Gasteiger partial charge in [-0.1, -0.05) is 0 Å². The number of fused-ring (bicyclic) bond motifs is 1. The van der Waals surface area contributed by atoms with E-state index in [1.54, 1.807) is 7.05 Å². The van der Waals surface area contributed by atoms with Crippen LogP contribution in [0.2, 0.25) is 0 Å². The lowest BCUT2D eigenvalue weighted by atomic mass is 10.2. The van der Waals surface area contributed by atoms with Gasteiger partial charge in [-0.15, -0.1) is 11.3 Å². The van der Waals surface area contributed by atoms with E-state index in [9.17, 15) is 9.59 Å². The summed E-state index contributed by atoms with van der Waals surface area (Å²) in [6.07, 6.45) is 0.407. The predicted octanol–water partition coefficient (Wildman–Crippen LogP) is 0.453. The minimum Gasteiger partial charge on any atom is -0.396 e. The van der Waals surface area contributed by atoms with E-state index in [0.29, 0.717) is 16.6 Å². The number of aliphatic hydroxyl groups is 1. The van der Waals surface area contributed by atoms with Crippen molar-refractivity contribution in [2.75, 3.05) is 6.61 Å². The molecule has 0 amide bonds. The largest absolute Gasteiger partial charge is 0.396 e. The van der Waals surface area contributed by atoms with Crippen molar-refractivity contribution in [3.05, 3.63) is 31.8 Å². The van der Waals surface area contributed by atoms with Crippen molar-refractivity contribution in [3.8, 4) is 0 Å². The molecule has 0 atom stereocenters. The highest BCUT2D eigenvalue weighted by atomic mass is 32.1. The molecule has 0 saturated heterocycles. The highest BCUT2D eigenvalue weighted by Crippen LogP contribution is 2.20. The zero-order valence-corrected chi connectivity index (χ0v) is 10.6. The second kappa shape index (κ2) is 4.46. The van der Waals surface area contributed by atoms with Gasteiger partial charge in [-0.2, -0.15) is 0 Å². The van der Waals surface area contributed by atoms with Crippen molar-refractivity contribution < 1.29 is 5.11 Å². The minimum absolute atomic E-state index is 0.0315. The molecule has 2 aromatic rings. The molecule has 2 heterocycles. The molecule has 5 nitrogen and oxygen atoms in total. The zero-order valence-electron chi connectivity index (χ0n) is 9.77. The van der Waals surface area contributed by atoms with Gasteiger partial charge in [-0.3, -0.25) is 13.9 Å². The molecular weight excluding hydrogens is 240 g/mol. The first-order chi connectivity index (χ1) is 8.07. The second-order valence-corrected chi connectivity index (χ2v) is 4.83. The van der Waals surface area contributed by atoms with Crippen molar-refractivity contribution in [2.45, 2.75) is 19.9 Å². The maximum atomic E-state index is 12.2. The number of thiophene rings is 1. The van der Waals surface area contributed by atoms with Crippen LogP contribution in [0.4, 0.5) is 0 Å². The first kappa shape index (κ1) is 12.1. The molecule has 0 unspecified atom stereocenters. The number of aromatic nitrogens is 2. The molecule has 0 saturated carbocycles. The second-order valence-electron chi connectivity index (χ2n) is 3.97. The van der Waals surface area contributed by atoms with E-state index >= 15 is 0 Å². The summed E-state index contributed by atoms with van der Waals surface area (Å²) in [6.45, 7) is 2.09. The van der Waals surface area contributed by atoms with Gasteiger partial charge in [-0.05, 0) is 24.3 Å². The summed E-state index contributed by atoms with van der Waals surface area (Å²) in [5.74, 6) is 0. The Morgan fingerprint density at radius 3 is 2.76 bits per heavy atom. The van der Waals surface area contributed by atoms with E-state index in [1.807, 2.05) is 12.3 Å². The molecular formula is C11H14N2O3S. The van der Waals surface area contributed by atoms with E-state index in [2.05, 4.69) is 0 Å². The average molecular weight is 254 g/mol. The molecule has 0 aliphatic carbocycles. The van der Waals surface area contributed by atoms with Gasteiger partial charge >= 0.3 is 5.69 Å². The number of aryl methyl sites for hydroxylation is 2. The lowest BCUT2D eigenvalue weighted by Gasteiger charge is -2.07. The van der Waals surface area contributed by atoms with Gasteiger partial charge in [0, 0.05) is 20.2 Å². The Kier molecular flexibility index (Phi) is 3.17. The Bertz CT molecular complexity index is 666. The van der Waals surface area contributed by atoms with Crippen LogP contribution in [0.1, 0.15) is 12.0 Å². The fourth-order valence-corrected chi connectivity index (χ4v) is 2.86. The SMILES string of the molecule is Cc1csc2c1c(=O)n(CCCO)c(=O)n2C. The molecule has 0 aliphatic heterocycles. The van der Waals surface area contributed by atoms with Gasteiger partial charge in [0.1, 0.15) is 4.83 Å². The fraction of sp³-hybridized carbons (Fsp3) is 0.455. The number of nitrogens with zero attached hydrogens (tertiary/aromatic N) is 2. The van der Waals surface area contributed by atoms with Crippen LogP contribution in [0.3, 0.4) is 0 Å². The average Bonchev–Trinajstić information content (AvgIpc) is 2.69. The number of hydrogen-bond acceptors (Lipinski definition) is 4. The van der Waals surface area contributed by atoms with E-state index in [4.69, 9.17) is 5.11 Å². The molecule has 2 aromatic heterocycles. The summed E-state index contributed by atoms with van der Waals surface area (Å²) >= 11 is 1.40. The third-order valence-corrected chi connectivity index (χ3v) is 3.95. The molecule has 0 spiro atoms. The topological polar surface area (TPSA) is 64.2 Å². The highest BCUT2D eigenvalue weighted by molar-refractivity contribution is 7.17. The number of hydrogen-bond donors (Lipinski definition) is 1. The van der Waals surface area contributed by atoms with Crippen molar-refractivity contribution in [2.24, 2.45) is 7.05 Å². The van der Waals surface area contributed by atoms with Crippen LogP contribution >= 0.6 is 11.3 Å². The van der Waals surface area contributed by atoms with Gasteiger partial charge in [0.2, 0.25) is 0 Å². The molecule has 0 radical (unpaired) electrons. The van der Waals surface area contributed by atoms with Gasteiger partial charge in [-0.25, -0.2) is 4.79 Å². The van der Waals surface area contributed by atoms with E-state index in [1.165, 1.54) is 20.5 Å². The highest BCUT2D eigenvalue weighted by Gasteiger charge is 2.13. The van der Waals surface area contributed by atoms with Crippen LogP contribution in [-0.4, -0.2) is 20.8 Å². The fourth-order valence-electron chi connectivity index (χ4n) is 1.85. The Morgan fingerprint density at radius 2 is 2.12 bits per heavy atom. The van der Waals surface area contributed by atoms with Gasteiger partial charge in [0.15, 0.2) is 0 Å². The molecule has 0 bridgehead atoms. The van der Waals surface area contributed by atoms with Crippen LogP contribution in [-0.2, 0) is 13.6 Å². The molecule has 6 heteroatoms. The number of rotatable bonds is 3. The molecule has 2 rings (SSSR count). The maximum absolute atomic E-state index is 12.2. The van der Waals surface area contributed by atoms with Crippen molar-refractivity contribution in [1.82, 2.24) is 9.13 Å². The predicted molar refractivity (Wildman–Crippen MR) is 67.8 cm³/mol. The standard InChI is InChI=1S/C11H14N2O3S/c1-7-6-17-10-8(7)9(15)13(4-3-5-14)11(16)12(10)2/h6,14H,3-5H2,1-2H3. The zero-order chi connectivity index (χ0) is 12.6. The summed E-state index contributed by atoms with van der Waals surface area (Å²) in [6, 6.07) is 0. The minimum atomic E-state index is -0.321. The van der Waals surface area contributed by atoms with Crippen molar-refractivity contribution in [3.63, 3.8) is 0 Å². The van der Waals surface area contributed by atoms with Gasteiger partial charge in [0.25, 0.3) is 5.56 Å². The Morgan fingerprint density at radius 1 is 1.41 bits per heavy atom. The van der Waals surface area contributed by atoms with Crippen LogP contribution in [0.25, 0.3) is 10.2 Å². The third kappa shape index (κ3) is 1.83. The van der Waals surface area contributed by atoms with Gasteiger partial charge < -0.3 is 5.11 Å². The first-order valence-corrected chi connectivity index (χ1v) is 6.24. The third-order valence-electron chi connectivity index (χ3n) is 2.78. The molecule has 17 heavy (non-hydrogen) atoms. The molecule has 1 N–H and O–H groups in total. The molecule has 0 fully saturated rings. The number of aliphatic hydroxyl groups excluding tert-OH is 1. The van der Waals surface area contributed by atoms with Crippen LogP contribution < -0.4 is 11.2 Å². The summed E-state index contributed by atoms with van der Waals surface area (Å²) in [7, 11) is 1.66. The lowest BCUT2D eigenvalue weighted by Crippen LogP contribution is -2.39. The van der Waals surface area contributed by atoms with E-state index in [-0.39, 0.29) is 24.4 Å². The van der Waals surface area contributed by atoms with E-state index < -0.39 is 0 Å². The normalized spacial score (nSPS) is 11.2. The lowest BCUT2D eigenvalue weighted by molar-refractivity contribution is 0.277. The van der Waals surface area contributed by atoms with Gasteiger partial charge in [0.05, 0.1) is 5.39 Å². The Hall–Kier alpha value is -1.40. The van der Waals surface area contributed by atoms with E-state index in [0.717, 1.165) is 5.56 Å². The quantitative estimate of drug-likeness (QED) is 0.865. The van der Waals surface area contributed by atoms with Crippen LogP contribution in [0.5, 0.6) is 0 Å². The smallest absolute Gasteiger partial charge is 0.331 e. The monoisotopic (exact) mass is 254 g/mol. The summed E-state index contributed by atoms with van der Waals surface area (Å²) in [5.41, 5.74) is 0.316. The van der Waals surface area contributed by atoms with Crippen molar-refractivity contribution >= 4 is 21.6 Å².